The average molecular weight is 189 g/mol. The molecule has 0 heterocycles. The molecule has 1 nitrogen and oxygen atoms in total. The predicted octanol–water partition coefficient (Wildman–Crippen LogP) is -1.30. The van der Waals surface area contributed by atoms with Crippen LogP contribution in [0.2, 0.25) is 0 Å². The molecule has 0 fully saturated rings. The second-order valence-corrected chi connectivity index (χ2v) is 1.22. The van der Waals surface area contributed by atoms with E-state index in [1.54, 1.807) is 0 Å². The van der Waals surface area contributed by atoms with Crippen LogP contribution in [0.3, 0.4) is 0 Å². The molecule has 0 aromatic heterocycles. The number of hydrogen-bond acceptors (Lipinski definition) is 1. The fourth-order valence-electron chi connectivity index (χ4n) is 0. The second-order valence-electron chi connectivity index (χ2n) is 0.136. The van der Waals surface area contributed by atoms with E-state index in [4.69, 9.17) is 4.46 Å². The quantitative estimate of drug-likeness (QED) is 0.342. The molecule has 0 spiro atoms. The molecule has 6 heteroatoms. The molecule has 0 rings (SSSR count). The van der Waals surface area contributed by atoms with Crippen LogP contribution in [0.15, 0.2) is 0 Å². The Kier molecular flexibility index (Phi) is 111. The van der Waals surface area contributed by atoms with E-state index in [-0.39, 0.29) is 49.0 Å². The van der Waals surface area contributed by atoms with Crippen molar-refractivity contribution in [1.82, 2.24) is 0 Å². The van der Waals surface area contributed by atoms with Gasteiger partial charge in [0, 0.05) is 21.7 Å². The van der Waals surface area contributed by atoms with Gasteiger partial charge in [-0.05, 0) is 0 Å². The Hall–Kier alpha value is 2.12. The third kappa shape index (κ3) is 35.6. The number of rotatable bonds is 0. The molecule has 0 N–H and O–H groups in total. The van der Waals surface area contributed by atoms with Gasteiger partial charge in [0.25, 0.3) is 9.07 Å². The van der Waals surface area contributed by atoms with E-state index in [2.05, 4.69) is 8.79 Å². The van der Waals surface area contributed by atoms with Gasteiger partial charge in [-0.2, -0.15) is 9.90 Å². The zero-order chi connectivity index (χ0) is 2.71. The summed E-state index contributed by atoms with van der Waals surface area (Å²) in [6, 6.07) is 0. The molecule has 0 amide bonds. The summed E-state index contributed by atoms with van der Waals surface area (Å²) < 4.78 is 8.98. The fourth-order valence-corrected chi connectivity index (χ4v) is 0. The van der Waals surface area contributed by atoms with Crippen molar-refractivity contribution in [2.24, 2.45) is 0 Å². The van der Waals surface area contributed by atoms with Crippen LogP contribution in [0.5, 0.6) is 0 Å². The first-order valence-electron chi connectivity index (χ1n) is 0.569. The monoisotopic (exact) mass is 189 g/mol. The van der Waals surface area contributed by atoms with Gasteiger partial charge in [0.2, 0.25) is 0 Å². The molecule has 0 aliphatic rings. The van der Waals surface area contributed by atoms with E-state index in [9.17, 15) is 0 Å². The Labute approximate surface area is 71.0 Å². The third-order valence-electron chi connectivity index (χ3n) is 0. The van der Waals surface area contributed by atoms with Crippen LogP contribution in [0.25, 0.3) is 0 Å². The Balaban J connectivity index is -0.00000000667. The molecule has 2 atom stereocenters. The van der Waals surface area contributed by atoms with Crippen molar-refractivity contribution in [1.29, 1.82) is 0 Å². The summed E-state index contributed by atoms with van der Waals surface area (Å²) in [7, 11) is 1.52. The maximum atomic E-state index is 8.98. The van der Waals surface area contributed by atoms with Gasteiger partial charge in [-0.3, -0.25) is 0 Å². The Morgan fingerprint density at radius 2 is 1.50 bits per heavy atom. The third-order valence-corrected chi connectivity index (χ3v) is 0. The van der Waals surface area contributed by atoms with E-state index in [0.29, 0.717) is 0 Å². The van der Waals surface area contributed by atoms with Gasteiger partial charge in [0.05, 0.1) is 0 Å². The Morgan fingerprint density at radius 1 is 1.50 bits per heavy atom. The van der Waals surface area contributed by atoms with Crippen LogP contribution in [-0.4, -0.2) is 26.4 Å². The van der Waals surface area contributed by atoms with Crippen LogP contribution in [0.4, 0.5) is 0 Å². The summed E-state index contributed by atoms with van der Waals surface area (Å²) in [4.78, 5) is 0. The summed E-state index contributed by atoms with van der Waals surface area (Å²) in [5.74, 6) is 0. The minimum absolute atomic E-state index is 0. The predicted molar refractivity (Wildman–Crippen MR) is 37.2 cm³/mol. The van der Waals surface area contributed by atoms with Crippen LogP contribution in [-0.2, 0) is 26.2 Å². The van der Waals surface area contributed by atoms with Gasteiger partial charge in [-0.1, -0.05) is 8.79 Å². The fraction of sp³-hybridized carbons (Fsp3) is 0. The van der Waals surface area contributed by atoms with E-state index < -0.39 is 9.07 Å². The smallest absolute Gasteiger partial charge is 0.282 e. The van der Waals surface area contributed by atoms with Crippen LogP contribution in [0.1, 0.15) is 0 Å². The van der Waals surface area contributed by atoms with Gasteiger partial charge in [-0.25, -0.2) is 0 Å². The molecule has 0 bridgehead atoms. The molecule has 0 aliphatic heterocycles. The topological polar surface area (TPSA) is 17.1 Å². The minimum Gasteiger partial charge on any atom is -0.387 e. The van der Waals surface area contributed by atoms with Crippen LogP contribution >= 0.6 is 18.7 Å². The van der Waals surface area contributed by atoms with Gasteiger partial charge in [-0.15, -0.1) is 0 Å². The SMILES string of the molecule is O=[SiH]P.P.[AlH2].[Ti]. The van der Waals surface area contributed by atoms with Gasteiger partial charge >= 0.3 is 0 Å². The first kappa shape index (κ1) is 24.2. The second kappa shape index (κ2) is 27.4. The molecule has 0 aromatic rings. The maximum Gasteiger partial charge on any atom is 0.282 e. The minimum atomic E-state index is -0.583. The molecule has 6 heavy (non-hydrogen) atoms. The Bertz CT molecular complexity index is 21.0. The van der Waals surface area contributed by atoms with Crippen molar-refractivity contribution >= 4 is 45.1 Å². The average Bonchev–Trinajstić information content (AvgIpc) is 0.918. The van der Waals surface area contributed by atoms with Gasteiger partial charge in [0.15, 0.2) is 0 Å². The molecule has 0 aliphatic carbocycles. The normalized spacial score (nSPS) is 2.17. The summed E-state index contributed by atoms with van der Waals surface area (Å²) in [5.41, 5.74) is 0. The maximum absolute atomic E-state index is 8.98. The van der Waals surface area contributed by atoms with E-state index in [1.165, 1.54) is 0 Å². The van der Waals surface area contributed by atoms with Crippen LogP contribution in [0, 0.1) is 0 Å². The Morgan fingerprint density at radius 3 is 1.50 bits per heavy atom. The molecule has 0 aromatic carbocycles. The molecular formula is H8AlOP2SiTi. The molecule has 35 valence electrons. The van der Waals surface area contributed by atoms with Gasteiger partial charge in [0.1, 0.15) is 17.4 Å². The molecule has 0 saturated carbocycles. The molecule has 0 saturated heterocycles. The van der Waals surface area contributed by atoms with Crippen molar-refractivity contribution in [2.45, 2.75) is 0 Å². The number of hydrogen-bond donors (Lipinski definition) is 0. The van der Waals surface area contributed by atoms with E-state index >= 15 is 0 Å². The van der Waals surface area contributed by atoms with Crippen LogP contribution < -0.4 is 0 Å². The van der Waals surface area contributed by atoms with Crippen molar-refractivity contribution in [3.05, 3.63) is 0 Å². The first-order chi connectivity index (χ1) is 1.41. The van der Waals surface area contributed by atoms with Crippen molar-refractivity contribution in [3.63, 3.8) is 0 Å². The summed E-state index contributed by atoms with van der Waals surface area (Å²) in [5, 5.41) is 0. The van der Waals surface area contributed by atoms with Gasteiger partial charge < -0.3 is 4.46 Å². The molecule has 1 radical (unpaired) electrons. The summed E-state index contributed by atoms with van der Waals surface area (Å²) in [6.07, 6.45) is 0. The zero-order valence-corrected chi connectivity index (χ0v) is 11.1. The molecular weight excluding hydrogens is 181 g/mol. The summed E-state index contributed by atoms with van der Waals surface area (Å²) >= 11 is 0. The standard InChI is InChI=1S/Al.H3OPSi.H3P.Ti.2H/c;1-3-2;;;;/h;3H,2H2;1H3;;;. The summed E-state index contributed by atoms with van der Waals surface area (Å²) in [6.45, 7) is 0. The first-order valence-corrected chi connectivity index (χ1v) is 3.71. The van der Waals surface area contributed by atoms with Crippen molar-refractivity contribution < 1.29 is 26.2 Å². The van der Waals surface area contributed by atoms with E-state index in [0.717, 1.165) is 0 Å². The van der Waals surface area contributed by atoms with Crippen molar-refractivity contribution in [3.8, 4) is 0 Å². The molecule has 2 unspecified atom stereocenters. The van der Waals surface area contributed by atoms with Crippen molar-refractivity contribution in [2.75, 3.05) is 0 Å². The largest absolute Gasteiger partial charge is 0.387 e. The zero-order valence-electron chi connectivity index (χ0n) is 3.77. The van der Waals surface area contributed by atoms with E-state index in [1.807, 2.05) is 0 Å².